The van der Waals surface area contributed by atoms with E-state index in [-0.39, 0.29) is 0 Å². The maximum absolute atomic E-state index is 3.59. The van der Waals surface area contributed by atoms with E-state index in [1.807, 2.05) is 0 Å². The highest BCUT2D eigenvalue weighted by Crippen LogP contribution is 2.10. The fraction of sp³-hybridized carbons (Fsp3) is 0.600. The summed E-state index contributed by atoms with van der Waals surface area (Å²) in [6, 6.07) is 7.28. The summed E-state index contributed by atoms with van der Waals surface area (Å²) in [4.78, 5) is 2.44. The van der Waals surface area contributed by atoms with Gasteiger partial charge in [0.25, 0.3) is 0 Å². The van der Waals surface area contributed by atoms with Crippen LogP contribution in [0, 0.1) is 13.8 Å². The summed E-state index contributed by atoms with van der Waals surface area (Å²) < 4.78 is 0. The number of hydrogen-bond donors (Lipinski definition) is 2. The number of nitrogens with one attached hydrogen (secondary N) is 2. The Balaban J connectivity index is 1.82. The molecule has 2 N–H and O–H groups in total. The monoisotopic (exact) mass is 247 g/mol. The predicted molar refractivity (Wildman–Crippen MR) is 76.9 cm³/mol. The molecule has 1 heterocycles. The van der Waals surface area contributed by atoms with Gasteiger partial charge in [-0.3, -0.25) is 4.90 Å². The van der Waals surface area contributed by atoms with Crippen molar-refractivity contribution in [3.05, 3.63) is 34.9 Å². The maximum Gasteiger partial charge on any atom is 0.0342 e. The molecule has 1 saturated heterocycles. The van der Waals surface area contributed by atoms with Gasteiger partial charge < -0.3 is 10.6 Å². The lowest BCUT2D eigenvalue weighted by Crippen LogP contribution is -2.53. The van der Waals surface area contributed by atoms with Crippen LogP contribution in [0.2, 0.25) is 0 Å². The Morgan fingerprint density at radius 2 is 2.22 bits per heavy atom. The molecule has 2 rings (SSSR count). The lowest BCUT2D eigenvalue weighted by atomic mass is 10.1. The van der Waals surface area contributed by atoms with Crippen LogP contribution in [-0.4, -0.2) is 44.2 Å². The number of rotatable bonds is 4. The minimum atomic E-state index is 0.615. The summed E-state index contributed by atoms with van der Waals surface area (Å²) in [6.07, 6.45) is 0. The Labute approximate surface area is 111 Å². The second-order valence-corrected chi connectivity index (χ2v) is 5.40. The van der Waals surface area contributed by atoms with E-state index in [1.165, 1.54) is 16.7 Å². The lowest BCUT2D eigenvalue weighted by Gasteiger charge is -2.33. The van der Waals surface area contributed by atoms with Crippen molar-refractivity contribution < 1.29 is 0 Å². The fourth-order valence-corrected chi connectivity index (χ4v) is 2.45. The second-order valence-electron chi connectivity index (χ2n) is 5.40. The molecule has 1 atom stereocenters. The average molecular weight is 247 g/mol. The van der Waals surface area contributed by atoms with Gasteiger partial charge in [-0.25, -0.2) is 0 Å². The van der Waals surface area contributed by atoms with Gasteiger partial charge >= 0.3 is 0 Å². The maximum atomic E-state index is 3.59. The molecule has 1 fully saturated rings. The number of aryl methyl sites for hydroxylation is 2. The van der Waals surface area contributed by atoms with Crippen molar-refractivity contribution in [1.82, 2.24) is 15.5 Å². The SMILES string of the molecule is Cc1ccc(C)c(CNCC2CNCCN2C)c1. The van der Waals surface area contributed by atoms with Crippen molar-refractivity contribution in [2.45, 2.75) is 26.4 Å². The van der Waals surface area contributed by atoms with Crippen molar-refractivity contribution in [2.24, 2.45) is 0 Å². The Bertz CT molecular complexity index is 389. The molecule has 0 spiro atoms. The minimum Gasteiger partial charge on any atom is -0.314 e. The third-order valence-electron chi connectivity index (χ3n) is 3.84. The Morgan fingerprint density at radius 1 is 1.39 bits per heavy atom. The van der Waals surface area contributed by atoms with Crippen LogP contribution in [0.15, 0.2) is 18.2 Å². The smallest absolute Gasteiger partial charge is 0.0342 e. The average Bonchev–Trinajstić information content (AvgIpc) is 2.36. The van der Waals surface area contributed by atoms with Crippen molar-refractivity contribution in [3.8, 4) is 0 Å². The van der Waals surface area contributed by atoms with E-state index in [4.69, 9.17) is 0 Å². The first-order valence-corrected chi connectivity index (χ1v) is 6.84. The molecule has 0 amide bonds. The van der Waals surface area contributed by atoms with Crippen molar-refractivity contribution >= 4 is 0 Å². The van der Waals surface area contributed by atoms with E-state index in [2.05, 4.69) is 54.6 Å². The zero-order valence-corrected chi connectivity index (χ0v) is 11.8. The van der Waals surface area contributed by atoms with Gasteiger partial charge in [-0.15, -0.1) is 0 Å². The zero-order valence-electron chi connectivity index (χ0n) is 11.8. The third-order valence-corrected chi connectivity index (χ3v) is 3.84. The van der Waals surface area contributed by atoms with Gasteiger partial charge in [0.2, 0.25) is 0 Å². The van der Waals surface area contributed by atoms with Gasteiger partial charge in [0.15, 0.2) is 0 Å². The van der Waals surface area contributed by atoms with Crippen LogP contribution in [0.1, 0.15) is 16.7 Å². The van der Waals surface area contributed by atoms with E-state index in [0.29, 0.717) is 6.04 Å². The van der Waals surface area contributed by atoms with Gasteiger partial charge in [-0.1, -0.05) is 23.8 Å². The quantitative estimate of drug-likeness (QED) is 0.840. The largest absolute Gasteiger partial charge is 0.314 e. The predicted octanol–water partition coefficient (Wildman–Crippen LogP) is 1.30. The third kappa shape index (κ3) is 3.55. The summed E-state index contributed by atoms with van der Waals surface area (Å²) in [5.74, 6) is 0. The highest BCUT2D eigenvalue weighted by Gasteiger charge is 2.17. The van der Waals surface area contributed by atoms with E-state index in [1.54, 1.807) is 0 Å². The molecule has 1 aromatic rings. The van der Waals surface area contributed by atoms with Crippen LogP contribution in [0.25, 0.3) is 0 Å². The van der Waals surface area contributed by atoms with Crippen LogP contribution in [0.3, 0.4) is 0 Å². The first-order valence-electron chi connectivity index (χ1n) is 6.84. The van der Waals surface area contributed by atoms with E-state index in [9.17, 15) is 0 Å². The normalized spacial score (nSPS) is 21.2. The Morgan fingerprint density at radius 3 is 3.00 bits per heavy atom. The molecule has 3 heteroatoms. The minimum absolute atomic E-state index is 0.615. The molecule has 0 radical (unpaired) electrons. The van der Waals surface area contributed by atoms with E-state index >= 15 is 0 Å². The summed E-state index contributed by atoms with van der Waals surface area (Å²) in [7, 11) is 2.21. The zero-order chi connectivity index (χ0) is 13.0. The molecule has 0 saturated carbocycles. The topological polar surface area (TPSA) is 27.3 Å². The number of nitrogens with zero attached hydrogens (tertiary/aromatic N) is 1. The molecule has 1 aliphatic rings. The van der Waals surface area contributed by atoms with E-state index in [0.717, 1.165) is 32.7 Å². The second kappa shape index (κ2) is 6.32. The van der Waals surface area contributed by atoms with Crippen LogP contribution in [-0.2, 0) is 6.54 Å². The summed E-state index contributed by atoms with van der Waals surface area (Å²) >= 11 is 0. The van der Waals surface area contributed by atoms with Gasteiger partial charge in [0.1, 0.15) is 0 Å². The Hall–Kier alpha value is -0.900. The molecule has 18 heavy (non-hydrogen) atoms. The van der Waals surface area contributed by atoms with Crippen molar-refractivity contribution in [3.63, 3.8) is 0 Å². The molecular formula is C15H25N3. The van der Waals surface area contributed by atoms with Crippen molar-refractivity contribution in [1.29, 1.82) is 0 Å². The lowest BCUT2D eigenvalue weighted by molar-refractivity contribution is 0.195. The molecule has 3 nitrogen and oxygen atoms in total. The van der Waals surface area contributed by atoms with Crippen LogP contribution in [0.5, 0.6) is 0 Å². The number of benzene rings is 1. The molecule has 1 aliphatic heterocycles. The molecular weight excluding hydrogens is 222 g/mol. The summed E-state index contributed by atoms with van der Waals surface area (Å²) in [5.41, 5.74) is 4.14. The number of hydrogen-bond acceptors (Lipinski definition) is 3. The summed E-state index contributed by atoms with van der Waals surface area (Å²) in [5, 5.41) is 7.04. The van der Waals surface area contributed by atoms with Gasteiger partial charge in [-0.05, 0) is 32.0 Å². The first-order chi connectivity index (χ1) is 8.66. The van der Waals surface area contributed by atoms with Gasteiger partial charge in [0.05, 0.1) is 0 Å². The van der Waals surface area contributed by atoms with Gasteiger partial charge in [-0.2, -0.15) is 0 Å². The van der Waals surface area contributed by atoms with Crippen LogP contribution < -0.4 is 10.6 Å². The molecule has 1 aromatic carbocycles. The van der Waals surface area contributed by atoms with Crippen molar-refractivity contribution in [2.75, 3.05) is 33.2 Å². The number of likely N-dealkylation sites (N-methyl/N-ethyl adjacent to an activating group) is 1. The standard InChI is InChI=1S/C15H25N3/c1-12-4-5-13(2)14(8-12)9-17-11-15-10-16-6-7-18(15)3/h4-5,8,15-17H,6-7,9-11H2,1-3H3. The number of piperazine rings is 1. The van der Waals surface area contributed by atoms with Crippen LogP contribution >= 0.6 is 0 Å². The molecule has 0 bridgehead atoms. The highest BCUT2D eigenvalue weighted by atomic mass is 15.2. The fourth-order valence-electron chi connectivity index (χ4n) is 2.45. The molecule has 1 unspecified atom stereocenters. The summed E-state index contributed by atoms with van der Waals surface area (Å²) in [6.45, 7) is 9.72. The van der Waals surface area contributed by atoms with Crippen LogP contribution in [0.4, 0.5) is 0 Å². The Kier molecular flexibility index (Phi) is 4.75. The molecule has 0 aromatic heterocycles. The first kappa shape index (κ1) is 13.5. The van der Waals surface area contributed by atoms with Gasteiger partial charge in [0, 0.05) is 38.8 Å². The highest BCUT2D eigenvalue weighted by molar-refractivity contribution is 5.30. The molecule has 0 aliphatic carbocycles. The van der Waals surface area contributed by atoms with E-state index < -0.39 is 0 Å². The molecule has 100 valence electrons.